The molecule has 8 aromatic carbocycles. The lowest BCUT2D eigenvalue weighted by Gasteiger charge is -2.50. The van der Waals surface area contributed by atoms with Gasteiger partial charge in [-0.15, -0.1) is 0 Å². The highest BCUT2D eigenvalue weighted by atomic mass is 16.5. The first kappa shape index (κ1) is 33.5. The fourth-order valence-electron chi connectivity index (χ4n) is 10.1. The van der Waals surface area contributed by atoms with E-state index in [-0.39, 0.29) is 6.71 Å². The Labute approximate surface area is 344 Å². The van der Waals surface area contributed by atoms with Crippen molar-refractivity contribution in [1.29, 1.82) is 0 Å². The molecular formula is C54H36BN3O. The molecule has 0 atom stereocenters. The number of pyridine rings is 1. The average Bonchev–Trinajstić information content (AvgIpc) is 3.32. The molecule has 0 N–H and O–H groups in total. The van der Waals surface area contributed by atoms with Crippen LogP contribution in [0.1, 0.15) is 22.3 Å². The molecule has 0 aliphatic carbocycles. The van der Waals surface area contributed by atoms with Crippen LogP contribution < -0.4 is 30.9 Å². The molecule has 4 nitrogen and oxygen atoms in total. The van der Waals surface area contributed by atoms with Crippen LogP contribution in [0.3, 0.4) is 0 Å². The number of para-hydroxylation sites is 4. The second kappa shape index (κ2) is 13.2. The van der Waals surface area contributed by atoms with Gasteiger partial charge in [-0.3, -0.25) is 4.98 Å². The van der Waals surface area contributed by atoms with Crippen LogP contribution in [0.5, 0.6) is 11.5 Å². The average molecular weight is 754 g/mol. The third-order valence-electron chi connectivity index (χ3n) is 12.5. The van der Waals surface area contributed by atoms with Crippen LogP contribution in [0.15, 0.2) is 219 Å². The molecule has 0 fully saturated rings. The zero-order chi connectivity index (χ0) is 38.9. The summed E-state index contributed by atoms with van der Waals surface area (Å²) in [7, 11) is 0. The predicted octanol–water partition coefficient (Wildman–Crippen LogP) is 11.3. The first-order chi connectivity index (χ1) is 29.3. The smallest absolute Gasteiger partial charge is 0.247 e. The van der Waals surface area contributed by atoms with Crippen LogP contribution in [-0.4, -0.2) is 11.7 Å². The van der Waals surface area contributed by atoms with Crippen molar-refractivity contribution in [2.24, 2.45) is 0 Å². The minimum atomic E-state index is -0.669. The topological polar surface area (TPSA) is 28.6 Å². The van der Waals surface area contributed by atoms with E-state index in [0.29, 0.717) is 0 Å². The van der Waals surface area contributed by atoms with E-state index < -0.39 is 5.41 Å². The van der Waals surface area contributed by atoms with Crippen LogP contribution in [0.25, 0.3) is 11.1 Å². The molecule has 0 radical (unpaired) electrons. The second-order valence-corrected chi connectivity index (χ2v) is 15.5. The summed E-state index contributed by atoms with van der Waals surface area (Å²) < 4.78 is 7.34. The van der Waals surface area contributed by atoms with Gasteiger partial charge in [-0.05, 0) is 105 Å². The monoisotopic (exact) mass is 753 g/mol. The molecular weight excluding hydrogens is 717 g/mol. The number of ether oxygens (including phenoxy) is 1. The highest BCUT2D eigenvalue weighted by molar-refractivity contribution is 6.99. The molecule has 59 heavy (non-hydrogen) atoms. The van der Waals surface area contributed by atoms with Gasteiger partial charge in [-0.25, -0.2) is 0 Å². The van der Waals surface area contributed by atoms with E-state index >= 15 is 0 Å². The summed E-state index contributed by atoms with van der Waals surface area (Å²) in [6.07, 6.45) is 3.69. The minimum absolute atomic E-state index is 0.0490. The minimum Gasteiger partial charge on any atom is -0.451 e. The molecule has 0 saturated heterocycles. The zero-order valence-electron chi connectivity index (χ0n) is 32.1. The van der Waals surface area contributed by atoms with Gasteiger partial charge in [0.15, 0.2) is 11.5 Å². The maximum absolute atomic E-state index is 7.34. The number of benzene rings is 8. The quantitative estimate of drug-likeness (QED) is 0.164. The molecule has 0 bridgehead atoms. The number of nitrogens with zero attached hydrogens (tertiary/aromatic N) is 3. The Bertz CT molecular complexity index is 2990. The fourth-order valence-corrected chi connectivity index (χ4v) is 10.1. The lowest BCUT2D eigenvalue weighted by molar-refractivity contribution is 0.478. The Morgan fingerprint density at radius 3 is 1.71 bits per heavy atom. The lowest BCUT2D eigenvalue weighted by atomic mass is 9.29. The van der Waals surface area contributed by atoms with Crippen molar-refractivity contribution in [2.75, 3.05) is 9.80 Å². The molecule has 0 saturated carbocycles. The number of hydrogen-bond donors (Lipinski definition) is 0. The third kappa shape index (κ3) is 4.88. The van der Waals surface area contributed by atoms with Crippen molar-refractivity contribution in [2.45, 2.75) is 5.41 Å². The summed E-state index contributed by atoms with van der Waals surface area (Å²) >= 11 is 0. The molecule has 0 unspecified atom stereocenters. The molecule has 0 spiro atoms. The first-order valence-electron chi connectivity index (χ1n) is 20.2. The highest BCUT2D eigenvalue weighted by Gasteiger charge is 2.53. The van der Waals surface area contributed by atoms with E-state index in [0.717, 1.165) is 56.8 Å². The summed E-state index contributed by atoms with van der Waals surface area (Å²) in [6, 6.07) is 75.0. The Morgan fingerprint density at radius 2 is 1.00 bits per heavy atom. The van der Waals surface area contributed by atoms with Gasteiger partial charge in [0, 0.05) is 29.5 Å². The van der Waals surface area contributed by atoms with E-state index in [9.17, 15) is 0 Å². The first-order valence-corrected chi connectivity index (χ1v) is 20.2. The van der Waals surface area contributed by atoms with Gasteiger partial charge < -0.3 is 14.5 Å². The van der Waals surface area contributed by atoms with Crippen LogP contribution in [-0.2, 0) is 5.41 Å². The van der Waals surface area contributed by atoms with Gasteiger partial charge in [0.1, 0.15) is 0 Å². The number of aromatic nitrogens is 1. The molecule has 9 aromatic rings. The van der Waals surface area contributed by atoms with Crippen molar-refractivity contribution in [3.8, 4) is 22.6 Å². The summed E-state index contributed by atoms with van der Waals surface area (Å²) in [5.74, 6) is 1.64. The summed E-state index contributed by atoms with van der Waals surface area (Å²) in [6.45, 7) is -0.0490. The number of anilines is 6. The van der Waals surface area contributed by atoms with Crippen molar-refractivity contribution in [3.63, 3.8) is 0 Å². The summed E-state index contributed by atoms with van der Waals surface area (Å²) in [4.78, 5) is 9.12. The van der Waals surface area contributed by atoms with Gasteiger partial charge in [-0.1, -0.05) is 151 Å². The largest absolute Gasteiger partial charge is 0.451 e. The maximum Gasteiger partial charge on any atom is 0.247 e. The third-order valence-corrected chi connectivity index (χ3v) is 12.5. The molecule has 3 aliphatic rings. The predicted molar refractivity (Wildman–Crippen MR) is 242 cm³/mol. The molecule has 3 aliphatic heterocycles. The SMILES string of the molecule is c1ccc(N2c3ccccc3B3c4ccccc4C(c4ccccc4)(c4ccccc4)c4cc5c(c2c43)Oc2ccccc2N5c2ccc(-c3ccncc3)cc2)cc1. The molecule has 12 rings (SSSR count). The number of fused-ring (bicyclic) bond motifs is 7. The van der Waals surface area contributed by atoms with Crippen molar-refractivity contribution in [1.82, 2.24) is 4.98 Å². The van der Waals surface area contributed by atoms with Gasteiger partial charge in [-0.2, -0.15) is 0 Å². The van der Waals surface area contributed by atoms with Crippen LogP contribution in [0.2, 0.25) is 0 Å². The molecule has 5 heteroatoms. The van der Waals surface area contributed by atoms with E-state index in [1.807, 2.05) is 12.4 Å². The standard InChI is InChI=1S/C54H36BN3O/c1-4-16-39(17-5-1)54(40-18-6-2-7-19-40)43-22-10-11-23-45(43)55-46-24-12-13-25-47(46)58(41-20-8-3-9-21-41)52-51(55)44(54)36-49-53(52)59-50-27-15-14-26-48(50)57(49)42-30-28-37(29-31-42)38-32-34-56-35-33-38/h1-36H. The van der Waals surface area contributed by atoms with E-state index in [1.54, 1.807) is 0 Å². The highest BCUT2D eigenvalue weighted by Crippen LogP contribution is 2.59. The zero-order valence-corrected chi connectivity index (χ0v) is 32.1. The van der Waals surface area contributed by atoms with Crippen LogP contribution in [0.4, 0.5) is 34.1 Å². The molecule has 0 amide bonds. The molecule has 276 valence electrons. The van der Waals surface area contributed by atoms with Crippen LogP contribution in [0, 0.1) is 0 Å². The molecule has 4 heterocycles. The fraction of sp³-hybridized carbons (Fsp3) is 0.0185. The van der Waals surface area contributed by atoms with Gasteiger partial charge >= 0.3 is 0 Å². The van der Waals surface area contributed by atoms with E-state index in [2.05, 4.69) is 221 Å². The lowest BCUT2D eigenvalue weighted by Crippen LogP contribution is -2.65. The Morgan fingerprint density at radius 1 is 0.441 bits per heavy atom. The van der Waals surface area contributed by atoms with Gasteiger partial charge in [0.25, 0.3) is 0 Å². The van der Waals surface area contributed by atoms with E-state index in [1.165, 1.54) is 38.6 Å². The van der Waals surface area contributed by atoms with Crippen molar-refractivity contribution < 1.29 is 4.74 Å². The summed E-state index contributed by atoms with van der Waals surface area (Å²) in [5.41, 5.74) is 16.7. The van der Waals surface area contributed by atoms with E-state index in [4.69, 9.17) is 4.74 Å². The van der Waals surface area contributed by atoms with Crippen LogP contribution >= 0.6 is 0 Å². The van der Waals surface area contributed by atoms with Gasteiger partial charge in [0.05, 0.1) is 22.5 Å². The summed E-state index contributed by atoms with van der Waals surface area (Å²) in [5, 5.41) is 0. The van der Waals surface area contributed by atoms with Crippen molar-refractivity contribution >= 4 is 57.2 Å². The van der Waals surface area contributed by atoms with Gasteiger partial charge in [0.2, 0.25) is 6.71 Å². The maximum atomic E-state index is 7.34. The Hall–Kier alpha value is -7.63. The number of hydrogen-bond acceptors (Lipinski definition) is 4. The Balaban J connectivity index is 1.25. The molecule has 1 aromatic heterocycles. The normalized spacial score (nSPS) is 13.9. The second-order valence-electron chi connectivity index (χ2n) is 15.5. The van der Waals surface area contributed by atoms with Crippen molar-refractivity contribution in [3.05, 3.63) is 241 Å². The Kier molecular flexibility index (Phi) is 7.51. The number of rotatable bonds is 5.